The summed E-state index contributed by atoms with van der Waals surface area (Å²) in [7, 11) is -3.54. The molecule has 1 unspecified atom stereocenters. The first-order valence-electron chi connectivity index (χ1n) is 10.1. The third kappa shape index (κ3) is 4.28. The van der Waals surface area contributed by atoms with E-state index in [9.17, 15) is 18.0 Å². The van der Waals surface area contributed by atoms with Crippen LogP contribution in [0.4, 0.5) is 0 Å². The van der Waals surface area contributed by atoms with Crippen LogP contribution in [0, 0.1) is 5.92 Å². The van der Waals surface area contributed by atoms with E-state index < -0.39 is 10.0 Å². The molecule has 3 heterocycles. The number of nitrogens with zero attached hydrogens (tertiary/aromatic N) is 3. The van der Waals surface area contributed by atoms with Gasteiger partial charge in [-0.1, -0.05) is 24.3 Å². The van der Waals surface area contributed by atoms with E-state index >= 15 is 0 Å². The third-order valence-corrected chi connectivity index (χ3v) is 8.96. The highest BCUT2D eigenvalue weighted by Crippen LogP contribution is 2.27. The zero-order valence-corrected chi connectivity index (χ0v) is 18.3. The molecular formula is C21H25N3O4S2. The molecule has 0 saturated carbocycles. The molecule has 0 aliphatic carbocycles. The number of hydrogen-bond acceptors (Lipinski definition) is 5. The number of piperazine rings is 1. The van der Waals surface area contributed by atoms with Gasteiger partial charge < -0.3 is 9.80 Å². The normalized spacial score (nSPS) is 20.9. The summed E-state index contributed by atoms with van der Waals surface area (Å²) in [4.78, 5) is 29.2. The maximum absolute atomic E-state index is 13.1. The number of carbonyl (C=O) groups is 2. The van der Waals surface area contributed by atoms with Crippen LogP contribution in [-0.2, 0) is 14.8 Å². The van der Waals surface area contributed by atoms with Crippen LogP contribution >= 0.6 is 11.3 Å². The van der Waals surface area contributed by atoms with Crippen LogP contribution in [0.5, 0.6) is 0 Å². The Morgan fingerprint density at radius 2 is 1.60 bits per heavy atom. The van der Waals surface area contributed by atoms with Crippen LogP contribution in [0.25, 0.3) is 0 Å². The number of benzene rings is 1. The van der Waals surface area contributed by atoms with Gasteiger partial charge in [-0.25, -0.2) is 8.42 Å². The second kappa shape index (κ2) is 8.87. The van der Waals surface area contributed by atoms with Gasteiger partial charge in [-0.05, 0) is 36.4 Å². The number of carbonyl (C=O) groups excluding carboxylic acids is 2. The maximum atomic E-state index is 13.1. The fraction of sp³-hybridized carbons (Fsp3) is 0.429. The average Bonchev–Trinajstić information content (AvgIpc) is 3.35. The first kappa shape index (κ1) is 21.0. The minimum absolute atomic E-state index is 0.00658. The largest absolute Gasteiger partial charge is 0.339 e. The Morgan fingerprint density at radius 1 is 0.900 bits per heavy atom. The van der Waals surface area contributed by atoms with Crippen molar-refractivity contribution in [3.05, 3.63) is 53.4 Å². The third-order valence-electron chi connectivity index (χ3n) is 5.72. The Morgan fingerprint density at radius 3 is 2.27 bits per heavy atom. The Hall–Kier alpha value is -2.23. The Balaban J connectivity index is 1.35. The van der Waals surface area contributed by atoms with Crippen LogP contribution in [0.1, 0.15) is 23.2 Å². The lowest BCUT2D eigenvalue weighted by molar-refractivity contribution is -0.138. The van der Waals surface area contributed by atoms with E-state index in [4.69, 9.17) is 0 Å². The molecule has 2 saturated heterocycles. The van der Waals surface area contributed by atoms with Gasteiger partial charge in [-0.3, -0.25) is 9.59 Å². The van der Waals surface area contributed by atoms with Gasteiger partial charge in [-0.2, -0.15) is 4.31 Å². The lowest BCUT2D eigenvalue weighted by Gasteiger charge is -2.38. The summed E-state index contributed by atoms with van der Waals surface area (Å²) >= 11 is 1.20. The zero-order valence-electron chi connectivity index (χ0n) is 16.6. The molecule has 2 fully saturated rings. The van der Waals surface area contributed by atoms with Crippen molar-refractivity contribution in [3.63, 3.8) is 0 Å². The minimum atomic E-state index is -3.54. The minimum Gasteiger partial charge on any atom is -0.339 e. The molecule has 30 heavy (non-hydrogen) atoms. The Kier molecular flexibility index (Phi) is 6.21. The molecule has 0 radical (unpaired) electrons. The van der Waals surface area contributed by atoms with Crippen LogP contribution in [0.15, 0.2) is 52.1 Å². The highest BCUT2D eigenvalue weighted by atomic mass is 32.2. The van der Waals surface area contributed by atoms with E-state index in [0.717, 1.165) is 0 Å². The fourth-order valence-electron chi connectivity index (χ4n) is 4.05. The molecule has 160 valence electrons. The molecule has 7 nitrogen and oxygen atoms in total. The maximum Gasteiger partial charge on any atom is 0.253 e. The van der Waals surface area contributed by atoms with E-state index in [1.165, 1.54) is 15.6 Å². The first-order chi connectivity index (χ1) is 14.5. The lowest BCUT2D eigenvalue weighted by atomic mass is 9.97. The molecule has 9 heteroatoms. The van der Waals surface area contributed by atoms with Crippen molar-refractivity contribution in [2.45, 2.75) is 17.1 Å². The van der Waals surface area contributed by atoms with Crippen LogP contribution in [0.3, 0.4) is 0 Å². The van der Waals surface area contributed by atoms with Gasteiger partial charge >= 0.3 is 0 Å². The van der Waals surface area contributed by atoms with Gasteiger partial charge in [-0.15, -0.1) is 11.3 Å². The van der Waals surface area contributed by atoms with Crippen molar-refractivity contribution in [1.82, 2.24) is 14.1 Å². The SMILES string of the molecule is O=C(c1ccccc1)N1CCN(C(=O)C2CCCN(S(=O)(=O)c3cccs3)C2)CC1. The smallest absolute Gasteiger partial charge is 0.253 e. The van der Waals surface area contributed by atoms with Gasteiger partial charge in [0, 0.05) is 44.8 Å². The summed E-state index contributed by atoms with van der Waals surface area (Å²) < 4.78 is 27.4. The van der Waals surface area contributed by atoms with E-state index in [2.05, 4.69) is 0 Å². The summed E-state index contributed by atoms with van der Waals surface area (Å²) in [6, 6.07) is 12.5. The molecule has 2 aliphatic heterocycles. The Labute approximate surface area is 180 Å². The summed E-state index contributed by atoms with van der Waals surface area (Å²) in [6.45, 7) is 2.61. The van der Waals surface area contributed by atoms with Gasteiger partial charge in [0.05, 0.1) is 5.92 Å². The molecule has 4 rings (SSSR count). The predicted molar refractivity (Wildman–Crippen MR) is 115 cm³/mol. The average molecular weight is 448 g/mol. The highest BCUT2D eigenvalue weighted by molar-refractivity contribution is 7.91. The lowest BCUT2D eigenvalue weighted by Crippen LogP contribution is -2.54. The summed E-state index contributed by atoms with van der Waals surface area (Å²) in [5.41, 5.74) is 0.652. The molecule has 0 spiro atoms. The first-order valence-corrected chi connectivity index (χ1v) is 12.5. The van der Waals surface area contributed by atoms with E-state index in [0.29, 0.717) is 55.3 Å². The van der Waals surface area contributed by atoms with E-state index in [1.807, 2.05) is 18.2 Å². The molecule has 0 bridgehead atoms. The quantitative estimate of drug-likeness (QED) is 0.719. The fourth-order valence-corrected chi connectivity index (χ4v) is 6.72. The van der Waals surface area contributed by atoms with Crippen molar-refractivity contribution in [1.29, 1.82) is 0 Å². The summed E-state index contributed by atoms with van der Waals surface area (Å²) in [5, 5.41) is 1.75. The van der Waals surface area contributed by atoms with Crippen LogP contribution < -0.4 is 0 Å². The van der Waals surface area contributed by atoms with Crippen molar-refractivity contribution in [2.24, 2.45) is 5.92 Å². The number of sulfonamides is 1. The number of thiophene rings is 1. The second-order valence-corrected chi connectivity index (χ2v) is 10.7. The van der Waals surface area contributed by atoms with Gasteiger partial charge in [0.25, 0.3) is 15.9 Å². The monoisotopic (exact) mass is 447 g/mol. The molecule has 1 atom stereocenters. The zero-order chi connectivity index (χ0) is 21.1. The number of piperidine rings is 1. The number of amides is 2. The van der Waals surface area contributed by atoms with Gasteiger partial charge in [0.2, 0.25) is 5.91 Å². The molecule has 1 aromatic heterocycles. The topological polar surface area (TPSA) is 78.0 Å². The Bertz CT molecular complexity index is 985. The van der Waals surface area contributed by atoms with Gasteiger partial charge in [0.15, 0.2) is 0 Å². The standard InChI is InChI=1S/C21H25N3O4S2/c25-20(17-6-2-1-3-7-17)22-11-13-23(14-12-22)21(26)18-8-4-10-24(16-18)30(27,28)19-9-5-15-29-19/h1-3,5-7,9,15,18H,4,8,10-14,16H2. The van der Waals surface area contributed by atoms with Crippen molar-refractivity contribution < 1.29 is 18.0 Å². The summed E-state index contributed by atoms with van der Waals surface area (Å²) in [5.74, 6) is -0.355. The second-order valence-electron chi connectivity index (χ2n) is 7.62. The van der Waals surface area contributed by atoms with Gasteiger partial charge in [0.1, 0.15) is 4.21 Å². The van der Waals surface area contributed by atoms with Crippen LogP contribution in [-0.4, -0.2) is 73.6 Å². The molecule has 2 amide bonds. The van der Waals surface area contributed by atoms with E-state index in [-0.39, 0.29) is 24.3 Å². The predicted octanol–water partition coefficient (Wildman–Crippen LogP) is 2.13. The molecule has 0 N–H and O–H groups in total. The van der Waals surface area contributed by atoms with E-state index in [1.54, 1.807) is 39.4 Å². The molecule has 1 aromatic carbocycles. The summed E-state index contributed by atoms with van der Waals surface area (Å²) in [6.07, 6.45) is 1.37. The molecule has 2 aromatic rings. The molecular weight excluding hydrogens is 422 g/mol. The van der Waals surface area contributed by atoms with Crippen molar-refractivity contribution in [3.8, 4) is 0 Å². The molecule has 2 aliphatic rings. The van der Waals surface area contributed by atoms with Crippen LogP contribution in [0.2, 0.25) is 0 Å². The van der Waals surface area contributed by atoms with Crippen molar-refractivity contribution in [2.75, 3.05) is 39.3 Å². The number of hydrogen-bond donors (Lipinski definition) is 0. The van der Waals surface area contributed by atoms with Crippen molar-refractivity contribution >= 4 is 33.2 Å². The highest BCUT2D eigenvalue weighted by Gasteiger charge is 2.36. The number of rotatable bonds is 4.